The molecule has 0 spiro atoms. The highest BCUT2D eigenvalue weighted by molar-refractivity contribution is 5.74. The molecule has 0 aromatic heterocycles. The Morgan fingerprint density at radius 3 is 2.00 bits per heavy atom. The summed E-state index contributed by atoms with van der Waals surface area (Å²) in [7, 11) is 0. The molecule has 3 nitrogen and oxygen atoms in total. The van der Waals surface area contributed by atoms with Crippen molar-refractivity contribution in [3.05, 3.63) is 77.9 Å². The van der Waals surface area contributed by atoms with Gasteiger partial charge in [-0.2, -0.15) is 0 Å². The molecule has 0 heterocycles. The van der Waals surface area contributed by atoms with Crippen LogP contribution in [0.25, 0.3) is 23.3 Å². The van der Waals surface area contributed by atoms with Crippen molar-refractivity contribution in [3.63, 3.8) is 0 Å². The van der Waals surface area contributed by atoms with Gasteiger partial charge in [-0.3, -0.25) is 0 Å². The molecule has 0 amide bonds. The molecule has 0 fully saturated rings. The smallest absolute Gasteiger partial charge is 0.119 e. The SMILES string of the molecule is Oc1ccc(-c2[c]ccc(/C=C/c3cc(O)cc(O)c3)c2)cc1. The molecule has 3 rings (SSSR count). The Bertz CT molecular complexity index is 829. The highest BCUT2D eigenvalue weighted by atomic mass is 16.3. The van der Waals surface area contributed by atoms with E-state index >= 15 is 0 Å². The minimum atomic E-state index is 0.0239. The maximum absolute atomic E-state index is 9.49. The van der Waals surface area contributed by atoms with Crippen LogP contribution in [0.5, 0.6) is 17.2 Å². The fraction of sp³-hybridized carbons (Fsp3) is 0. The molecule has 3 heteroatoms. The van der Waals surface area contributed by atoms with Crippen molar-refractivity contribution >= 4 is 12.2 Å². The van der Waals surface area contributed by atoms with Crippen LogP contribution in [0.2, 0.25) is 0 Å². The summed E-state index contributed by atoms with van der Waals surface area (Å²) in [5, 5.41) is 28.3. The first-order valence-electron chi connectivity index (χ1n) is 7.12. The lowest BCUT2D eigenvalue weighted by molar-refractivity contribution is 0.450. The van der Waals surface area contributed by atoms with Gasteiger partial charge in [0.1, 0.15) is 17.2 Å². The maximum Gasteiger partial charge on any atom is 0.119 e. The first-order valence-corrected chi connectivity index (χ1v) is 7.12. The van der Waals surface area contributed by atoms with Gasteiger partial charge in [0.05, 0.1) is 0 Å². The minimum absolute atomic E-state index is 0.0239. The highest BCUT2D eigenvalue weighted by Gasteiger charge is 2.00. The number of hydrogen-bond donors (Lipinski definition) is 3. The zero-order valence-corrected chi connectivity index (χ0v) is 12.3. The predicted molar refractivity (Wildman–Crippen MR) is 91.1 cm³/mol. The molecule has 113 valence electrons. The Balaban J connectivity index is 1.87. The van der Waals surface area contributed by atoms with Crippen LogP contribution in [-0.2, 0) is 0 Å². The fourth-order valence-corrected chi connectivity index (χ4v) is 2.30. The van der Waals surface area contributed by atoms with Crippen LogP contribution in [0.3, 0.4) is 0 Å². The van der Waals surface area contributed by atoms with Gasteiger partial charge in [0.2, 0.25) is 0 Å². The van der Waals surface area contributed by atoms with Gasteiger partial charge >= 0.3 is 0 Å². The van der Waals surface area contributed by atoms with Crippen molar-refractivity contribution < 1.29 is 15.3 Å². The van der Waals surface area contributed by atoms with Gasteiger partial charge < -0.3 is 15.3 Å². The van der Waals surface area contributed by atoms with E-state index in [0.717, 1.165) is 16.7 Å². The van der Waals surface area contributed by atoms with Crippen molar-refractivity contribution in [1.82, 2.24) is 0 Å². The molecular weight excluding hydrogens is 288 g/mol. The summed E-state index contributed by atoms with van der Waals surface area (Å²) in [6, 6.07) is 20.3. The van der Waals surface area contributed by atoms with E-state index < -0.39 is 0 Å². The third-order valence-electron chi connectivity index (χ3n) is 3.40. The number of aromatic hydroxyl groups is 3. The average molecular weight is 303 g/mol. The summed E-state index contributed by atoms with van der Waals surface area (Å²) in [6.45, 7) is 0. The van der Waals surface area contributed by atoms with E-state index in [1.165, 1.54) is 6.07 Å². The van der Waals surface area contributed by atoms with E-state index in [2.05, 4.69) is 6.07 Å². The average Bonchev–Trinajstić information content (AvgIpc) is 2.53. The Morgan fingerprint density at radius 2 is 1.30 bits per heavy atom. The maximum atomic E-state index is 9.49. The molecule has 3 N–H and O–H groups in total. The Kier molecular flexibility index (Phi) is 4.02. The number of hydrogen-bond acceptors (Lipinski definition) is 3. The third-order valence-corrected chi connectivity index (χ3v) is 3.40. The van der Waals surface area contributed by atoms with Gasteiger partial charge in [-0.1, -0.05) is 36.4 Å². The van der Waals surface area contributed by atoms with Gasteiger partial charge in [0.25, 0.3) is 0 Å². The van der Waals surface area contributed by atoms with Crippen LogP contribution in [0.15, 0.2) is 60.7 Å². The number of phenolic OH excluding ortho intramolecular Hbond substituents is 3. The molecule has 3 aromatic carbocycles. The number of phenols is 3. The zero-order chi connectivity index (χ0) is 16.2. The van der Waals surface area contributed by atoms with E-state index in [1.54, 1.807) is 24.3 Å². The van der Waals surface area contributed by atoms with Gasteiger partial charge in [0.15, 0.2) is 0 Å². The largest absolute Gasteiger partial charge is 0.508 e. The van der Waals surface area contributed by atoms with Gasteiger partial charge in [0, 0.05) is 6.07 Å². The van der Waals surface area contributed by atoms with Crippen LogP contribution in [0.1, 0.15) is 11.1 Å². The van der Waals surface area contributed by atoms with Crippen molar-refractivity contribution in [3.8, 4) is 28.4 Å². The van der Waals surface area contributed by atoms with E-state index in [1.807, 2.05) is 42.5 Å². The second-order valence-corrected chi connectivity index (χ2v) is 5.20. The summed E-state index contributed by atoms with van der Waals surface area (Å²) >= 11 is 0. The van der Waals surface area contributed by atoms with Crippen molar-refractivity contribution in [2.75, 3.05) is 0 Å². The lowest BCUT2D eigenvalue weighted by Gasteiger charge is -2.03. The predicted octanol–water partition coefficient (Wildman–Crippen LogP) is 4.44. The molecule has 0 aliphatic rings. The van der Waals surface area contributed by atoms with Gasteiger partial charge in [-0.15, -0.1) is 0 Å². The third kappa shape index (κ3) is 3.71. The van der Waals surface area contributed by atoms with Crippen molar-refractivity contribution in [1.29, 1.82) is 0 Å². The molecule has 0 bridgehead atoms. The second-order valence-electron chi connectivity index (χ2n) is 5.20. The van der Waals surface area contributed by atoms with Crippen LogP contribution in [-0.4, -0.2) is 15.3 Å². The molecule has 0 saturated carbocycles. The standard InChI is InChI=1S/C20H15O3/c21-18-8-6-16(7-9-18)17-3-1-2-14(10-17)4-5-15-11-19(22)13-20(23)12-15/h1-2,4-13,21-23H/b5-4+. The number of rotatable bonds is 3. The summed E-state index contributed by atoms with van der Waals surface area (Å²) < 4.78 is 0. The molecule has 3 aromatic rings. The van der Waals surface area contributed by atoms with E-state index in [9.17, 15) is 15.3 Å². The van der Waals surface area contributed by atoms with Crippen LogP contribution < -0.4 is 0 Å². The molecule has 0 atom stereocenters. The molecule has 1 radical (unpaired) electrons. The zero-order valence-electron chi connectivity index (χ0n) is 12.3. The normalized spacial score (nSPS) is 11.0. The highest BCUT2D eigenvalue weighted by Crippen LogP contribution is 2.24. The van der Waals surface area contributed by atoms with E-state index in [-0.39, 0.29) is 17.2 Å². The van der Waals surface area contributed by atoms with Crippen LogP contribution in [0, 0.1) is 6.07 Å². The monoisotopic (exact) mass is 303 g/mol. The Morgan fingerprint density at radius 1 is 0.652 bits per heavy atom. The molecule has 23 heavy (non-hydrogen) atoms. The van der Waals surface area contributed by atoms with Crippen LogP contribution >= 0.6 is 0 Å². The lowest BCUT2D eigenvalue weighted by Crippen LogP contribution is -1.80. The van der Waals surface area contributed by atoms with Gasteiger partial charge in [-0.05, 0) is 58.7 Å². The summed E-state index contributed by atoms with van der Waals surface area (Å²) in [6.07, 6.45) is 3.71. The summed E-state index contributed by atoms with van der Waals surface area (Å²) in [5.41, 5.74) is 3.56. The topological polar surface area (TPSA) is 60.7 Å². The molecule has 0 aliphatic carbocycles. The molecule has 0 aliphatic heterocycles. The Hall–Kier alpha value is -3.20. The van der Waals surface area contributed by atoms with Gasteiger partial charge in [-0.25, -0.2) is 0 Å². The second kappa shape index (κ2) is 6.28. The van der Waals surface area contributed by atoms with E-state index in [0.29, 0.717) is 5.56 Å². The quantitative estimate of drug-likeness (QED) is 0.627. The lowest BCUT2D eigenvalue weighted by atomic mass is 10.0. The number of benzene rings is 3. The first-order chi connectivity index (χ1) is 11.1. The molecule has 0 unspecified atom stereocenters. The summed E-state index contributed by atoms with van der Waals surface area (Å²) in [4.78, 5) is 0. The minimum Gasteiger partial charge on any atom is -0.508 e. The molecule has 0 saturated heterocycles. The molecular formula is C20H15O3. The fourth-order valence-electron chi connectivity index (χ4n) is 2.30. The van der Waals surface area contributed by atoms with Crippen molar-refractivity contribution in [2.24, 2.45) is 0 Å². The van der Waals surface area contributed by atoms with Crippen LogP contribution in [0.4, 0.5) is 0 Å². The Labute approximate surface area is 134 Å². The van der Waals surface area contributed by atoms with Crippen molar-refractivity contribution in [2.45, 2.75) is 0 Å². The summed E-state index contributed by atoms with van der Waals surface area (Å²) in [5.74, 6) is 0.278. The first kappa shape index (κ1) is 14.7. The van der Waals surface area contributed by atoms with E-state index in [4.69, 9.17) is 0 Å².